The molecule has 1 aliphatic heterocycles. The number of hydrogen-bond donors (Lipinski definition) is 1. The zero-order valence-electron chi connectivity index (χ0n) is 13.2. The molecule has 0 aromatic rings. The molecule has 1 fully saturated rings. The third-order valence-electron chi connectivity index (χ3n) is 4.67. The highest BCUT2D eigenvalue weighted by atomic mass is 16.2. The average Bonchev–Trinajstić information content (AvgIpc) is 2.44. The molecule has 0 aromatic heterocycles. The first-order valence-corrected chi connectivity index (χ1v) is 7.64. The second-order valence-corrected chi connectivity index (χ2v) is 6.22. The van der Waals surface area contributed by atoms with Crippen molar-refractivity contribution in [1.29, 1.82) is 0 Å². The molecule has 0 aliphatic carbocycles. The van der Waals surface area contributed by atoms with Crippen LogP contribution < -0.4 is 5.73 Å². The van der Waals surface area contributed by atoms with Crippen LogP contribution in [-0.2, 0) is 4.79 Å². The number of piperidine rings is 1. The van der Waals surface area contributed by atoms with Gasteiger partial charge in [-0.25, -0.2) is 0 Å². The van der Waals surface area contributed by atoms with Crippen molar-refractivity contribution in [2.75, 3.05) is 20.1 Å². The maximum Gasteiger partial charge on any atom is 0.239 e. The molecule has 2 atom stereocenters. The molecule has 1 amide bonds. The normalized spacial score (nSPS) is 21.4. The molecule has 0 radical (unpaired) electrons. The number of rotatable bonds is 5. The van der Waals surface area contributed by atoms with Gasteiger partial charge in [0.25, 0.3) is 0 Å². The number of carbonyl (C=O) groups excluding carboxylic acids is 1. The Labute approximate surface area is 118 Å². The number of nitrogens with zero attached hydrogens (tertiary/aromatic N) is 2. The molecule has 1 unspecified atom stereocenters. The fourth-order valence-electron chi connectivity index (χ4n) is 2.70. The largest absolute Gasteiger partial charge is 0.341 e. The Balaban J connectivity index is 2.50. The monoisotopic (exact) mass is 269 g/mol. The Hall–Kier alpha value is -0.610. The van der Waals surface area contributed by atoms with E-state index in [0.29, 0.717) is 12.1 Å². The number of carbonyl (C=O) groups is 1. The van der Waals surface area contributed by atoms with Crippen LogP contribution in [-0.4, -0.2) is 54.0 Å². The highest BCUT2D eigenvalue weighted by molar-refractivity contribution is 5.82. The minimum Gasteiger partial charge on any atom is -0.341 e. The van der Waals surface area contributed by atoms with Crippen LogP contribution in [0.1, 0.15) is 47.0 Å². The first-order valence-electron chi connectivity index (χ1n) is 7.64. The molecule has 1 rings (SSSR count). The van der Waals surface area contributed by atoms with Crippen molar-refractivity contribution in [1.82, 2.24) is 9.80 Å². The highest BCUT2D eigenvalue weighted by Gasteiger charge is 2.30. The molecule has 4 heteroatoms. The molecule has 0 aromatic carbocycles. The molecular formula is C15H31N3O. The fraction of sp³-hybridized carbons (Fsp3) is 0.933. The molecular weight excluding hydrogens is 238 g/mol. The van der Waals surface area contributed by atoms with Gasteiger partial charge in [-0.2, -0.15) is 0 Å². The van der Waals surface area contributed by atoms with E-state index >= 15 is 0 Å². The van der Waals surface area contributed by atoms with Gasteiger partial charge in [0, 0.05) is 32.2 Å². The van der Waals surface area contributed by atoms with Crippen LogP contribution in [0.4, 0.5) is 0 Å². The molecule has 2 N–H and O–H groups in total. The van der Waals surface area contributed by atoms with Crippen LogP contribution in [0.25, 0.3) is 0 Å². The standard InChI is InChI=1S/C15H31N3O/c1-6-12(4)14(16)15(19)17(5)13-7-9-18(10-8-13)11(2)3/h11-14H,6-10,16H2,1-5H3/t12?,14-/m0/s1. The summed E-state index contributed by atoms with van der Waals surface area (Å²) in [6.07, 6.45) is 3.08. The predicted octanol–water partition coefficient (Wildman–Crippen LogP) is 1.69. The third kappa shape index (κ3) is 4.18. The van der Waals surface area contributed by atoms with Gasteiger partial charge in [0.15, 0.2) is 0 Å². The van der Waals surface area contributed by atoms with E-state index in [2.05, 4.69) is 32.6 Å². The van der Waals surface area contributed by atoms with Gasteiger partial charge in [0.05, 0.1) is 6.04 Å². The lowest BCUT2D eigenvalue weighted by atomic mass is 9.96. The molecule has 1 heterocycles. The molecule has 1 saturated heterocycles. The quantitative estimate of drug-likeness (QED) is 0.826. The second kappa shape index (κ2) is 7.25. The summed E-state index contributed by atoms with van der Waals surface area (Å²) in [5.74, 6) is 0.364. The summed E-state index contributed by atoms with van der Waals surface area (Å²) in [6, 6.07) is 0.611. The van der Waals surface area contributed by atoms with Gasteiger partial charge < -0.3 is 15.5 Å². The Morgan fingerprint density at radius 2 is 1.84 bits per heavy atom. The Kier molecular flexibility index (Phi) is 6.27. The zero-order chi connectivity index (χ0) is 14.6. The van der Waals surface area contributed by atoms with Gasteiger partial charge in [-0.05, 0) is 32.6 Å². The maximum atomic E-state index is 12.3. The molecule has 0 saturated carbocycles. The van der Waals surface area contributed by atoms with E-state index in [-0.39, 0.29) is 17.9 Å². The second-order valence-electron chi connectivity index (χ2n) is 6.22. The first kappa shape index (κ1) is 16.4. The van der Waals surface area contributed by atoms with E-state index in [4.69, 9.17) is 5.73 Å². The van der Waals surface area contributed by atoms with Gasteiger partial charge in [0.1, 0.15) is 0 Å². The van der Waals surface area contributed by atoms with Crippen molar-refractivity contribution in [3.8, 4) is 0 Å². The van der Waals surface area contributed by atoms with Crippen LogP contribution in [0.3, 0.4) is 0 Å². The van der Waals surface area contributed by atoms with E-state index in [0.717, 1.165) is 32.4 Å². The van der Waals surface area contributed by atoms with Gasteiger partial charge in [-0.1, -0.05) is 20.3 Å². The Morgan fingerprint density at radius 1 is 1.32 bits per heavy atom. The van der Waals surface area contributed by atoms with Gasteiger partial charge >= 0.3 is 0 Å². The summed E-state index contributed by atoms with van der Waals surface area (Å²) in [7, 11) is 1.92. The SMILES string of the molecule is CCC(C)[C@H](N)C(=O)N(C)C1CCN(C(C)C)CC1. The van der Waals surface area contributed by atoms with Crippen molar-refractivity contribution < 1.29 is 4.79 Å². The van der Waals surface area contributed by atoms with E-state index in [1.807, 2.05) is 11.9 Å². The van der Waals surface area contributed by atoms with Crippen molar-refractivity contribution in [2.45, 2.75) is 65.1 Å². The summed E-state index contributed by atoms with van der Waals surface area (Å²) in [5.41, 5.74) is 6.05. The Morgan fingerprint density at radius 3 is 2.26 bits per heavy atom. The first-order chi connectivity index (χ1) is 8.88. The van der Waals surface area contributed by atoms with Crippen LogP contribution in [0.2, 0.25) is 0 Å². The smallest absolute Gasteiger partial charge is 0.239 e. The molecule has 1 aliphatic rings. The van der Waals surface area contributed by atoms with Crippen molar-refractivity contribution in [2.24, 2.45) is 11.7 Å². The summed E-state index contributed by atoms with van der Waals surface area (Å²) < 4.78 is 0. The number of hydrogen-bond acceptors (Lipinski definition) is 3. The number of nitrogens with two attached hydrogens (primary N) is 1. The topological polar surface area (TPSA) is 49.6 Å². The summed E-state index contributed by atoms with van der Waals surface area (Å²) in [5, 5.41) is 0. The molecule has 19 heavy (non-hydrogen) atoms. The maximum absolute atomic E-state index is 12.3. The third-order valence-corrected chi connectivity index (χ3v) is 4.67. The number of likely N-dealkylation sites (N-methyl/N-ethyl adjacent to an activating group) is 1. The summed E-state index contributed by atoms with van der Waals surface area (Å²) in [4.78, 5) is 16.7. The minimum atomic E-state index is -0.349. The van der Waals surface area contributed by atoms with Crippen LogP contribution in [0, 0.1) is 5.92 Å². The van der Waals surface area contributed by atoms with Gasteiger partial charge in [0.2, 0.25) is 5.91 Å². The lowest BCUT2D eigenvalue weighted by Gasteiger charge is -2.39. The highest BCUT2D eigenvalue weighted by Crippen LogP contribution is 2.19. The summed E-state index contributed by atoms with van der Waals surface area (Å²) >= 11 is 0. The lowest BCUT2D eigenvalue weighted by Crippen LogP contribution is -2.52. The van der Waals surface area contributed by atoms with Crippen LogP contribution in [0.5, 0.6) is 0 Å². The van der Waals surface area contributed by atoms with Crippen molar-refractivity contribution in [3.05, 3.63) is 0 Å². The lowest BCUT2D eigenvalue weighted by molar-refractivity contribution is -0.135. The number of amides is 1. The molecule has 0 bridgehead atoms. The van der Waals surface area contributed by atoms with Crippen LogP contribution >= 0.6 is 0 Å². The number of likely N-dealkylation sites (tertiary alicyclic amines) is 1. The molecule has 112 valence electrons. The zero-order valence-corrected chi connectivity index (χ0v) is 13.2. The van der Waals surface area contributed by atoms with E-state index in [1.54, 1.807) is 0 Å². The van der Waals surface area contributed by atoms with E-state index in [9.17, 15) is 4.79 Å². The van der Waals surface area contributed by atoms with Crippen molar-refractivity contribution in [3.63, 3.8) is 0 Å². The van der Waals surface area contributed by atoms with Crippen molar-refractivity contribution >= 4 is 5.91 Å². The van der Waals surface area contributed by atoms with Gasteiger partial charge in [-0.15, -0.1) is 0 Å². The van der Waals surface area contributed by atoms with E-state index in [1.165, 1.54) is 0 Å². The fourth-order valence-corrected chi connectivity index (χ4v) is 2.70. The molecule has 0 spiro atoms. The Bertz CT molecular complexity index is 285. The van der Waals surface area contributed by atoms with Gasteiger partial charge in [-0.3, -0.25) is 4.79 Å². The van der Waals surface area contributed by atoms with E-state index < -0.39 is 0 Å². The van der Waals surface area contributed by atoms with Crippen LogP contribution in [0.15, 0.2) is 0 Å². The average molecular weight is 269 g/mol. The molecule has 4 nitrogen and oxygen atoms in total. The predicted molar refractivity (Wildman–Crippen MR) is 79.9 cm³/mol. The summed E-state index contributed by atoms with van der Waals surface area (Å²) in [6.45, 7) is 10.8. The minimum absolute atomic E-state index is 0.109.